The van der Waals surface area contributed by atoms with Gasteiger partial charge in [0, 0.05) is 17.9 Å². The molecule has 3 nitrogen and oxygen atoms in total. The Hall–Kier alpha value is -0.410. The monoisotopic (exact) mass is 269 g/mol. The highest BCUT2D eigenvalue weighted by atomic mass is 16.5. The van der Waals surface area contributed by atoms with Crippen molar-refractivity contribution in [2.24, 2.45) is 11.3 Å². The molecule has 0 saturated carbocycles. The van der Waals surface area contributed by atoms with Crippen molar-refractivity contribution in [3.05, 3.63) is 0 Å². The molecule has 0 aromatic carbocycles. The predicted octanol–water partition coefficient (Wildman–Crippen LogP) is 3.13. The summed E-state index contributed by atoms with van der Waals surface area (Å²) in [6, 6.07) is 0. The number of carbonyl (C=O) groups excluding carboxylic acids is 1. The van der Waals surface area contributed by atoms with Crippen LogP contribution in [0.3, 0.4) is 0 Å². The van der Waals surface area contributed by atoms with Gasteiger partial charge in [-0.1, -0.05) is 20.8 Å². The van der Waals surface area contributed by atoms with Gasteiger partial charge in [0.15, 0.2) is 0 Å². The van der Waals surface area contributed by atoms with Crippen LogP contribution >= 0.6 is 0 Å². The molecule has 0 amide bonds. The molecule has 0 atom stereocenters. The van der Waals surface area contributed by atoms with E-state index < -0.39 is 0 Å². The molecule has 1 rings (SSSR count). The van der Waals surface area contributed by atoms with E-state index in [1.165, 1.54) is 0 Å². The summed E-state index contributed by atoms with van der Waals surface area (Å²) in [4.78, 5) is 14.6. The molecule has 0 aromatic rings. The van der Waals surface area contributed by atoms with E-state index in [1.54, 1.807) is 0 Å². The molecule has 0 unspecified atom stereocenters. The van der Waals surface area contributed by atoms with Crippen molar-refractivity contribution < 1.29 is 9.53 Å². The van der Waals surface area contributed by atoms with Crippen LogP contribution in [0.5, 0.6) is 0 Å². The summed E-state index contributed by atoms with van der Waals surface area (Å²) in [5.74, 6) is 0.692. The molecule has 0 aliphatic carbocycles. The Bertz CT molecular complexity index is 291. The fourth-order valence-corrected chi connectivity index (χ4v) is 2.51. The van der Waals surface area contributed by atoms with Gasteiger partial charge in [-0.2, -0.15) is 0 Å². The lowest BCUT2D eigenvalue weighted by molar-refractivity contribution is -0.132. The number of Topliss-reactive ketones (excluding diaryl/α,β-unsaturated/α-hetero) is 1. The van der Waals surface area contributed by atoms with Crippen LogP contribution in [-0.2, 0) is 9.53 Å². The second kappa shape index (κ2) is 6.36. The number of ketones is 1. The van der Waals surface area contributed by atoms with Gasteiger partial charge in [0.2, 0.25) is 0 Å². The van der Waals surface area contributed by atoms with Crippen LogP contribution in [0.15, 0.2) is 0 Å². The van der Waals surface area contributed by atoms with Crippen LogP contribution in [0.25, 0.3) is 0 Å². The smallest absolute Gasteiger partial charge is 0.141 e. The van der Waals surface area contributed by atoms with Gasteiger partial charge >= 0.3 is 0 Å². The van der Waals surface area contributed by atoms with Crippen LogP contribution in [0.4, 0.5) is 0 Å². The van der Waals surface area contributed by atoms with Gasteiger partial charge in [0.05, 0.1) is 12.2 Å². The topological polar surface area (TPSA) is 29.5 Å². The first-order chi connectivity index (χ1) is 8.59. The largest absolute Gasteiger partial charge is 0.375 e. The maximum Gasteiger partial charge on any atom is 0.141 e. The second-order valence-electron chi connectivity index (χ2n) is 7.69. The van der Waals surface area contributed by atoms with E-state index in [0.29, 0.717) is 5.78 Å². The summed E-state index contributed by atoms with van der Waals surface area (Å²) in [5.41, 5.74) is -0.247. The van der Waals surface area contributed by atoms with Crippen molar-refractivity contribution in [3.63, 3.8) is 0 Å². The van der Waals surface area contributed by atoms with Gasteiger partial charge < -0.3 is 9.64 Å². The quantitative estimate of drug-likeness (QED) is 0.785. The minimum absolute atomic E-state index is 0.0550. The molecule has 112 valence electrons. The number of carbonyl (C=O) groups is 1. The second-order valence-corrected chi connectivity index (χ2v) is 7.69. The lowest BCUT2D eigenvalue weighted by Crippen LogP contribution is -2.41. The highest BCUT2D eigenvalue weighted by Gasteiger charge is 2.32. The molecule has 0 radical (unpaired) electrons. The van der Waals surface area contributed by atoms with Crippen molar-refractivity contribution in [2.45, 2.75) is 60.0 Å². The molecule has 3 heteroatoms. The molecule has 0 spiro atoms. The maximum atomic E-state index is 12.2. The fourth-order valence-electron chi connectivity index (χ4n) is 2.51. The minimum Gasteiger partial charge on any atom is -0.375 e. The normalized spacial score (nSPS) is 19.7. The summed E-state index contributed by atoms with van der Waals surface area (Å²) in [6.45, 7) is 16.1. The molecule has 0 bridgehead atoms. The lowest BCUT2D eigenvalue weighted by atomic mass is 9.79. The van der Waals surface area contributed by atoms with E-state index in [-0.39, 0.29) is 16.9 Å². The first-order valence-corrected chi connectivity index (χ1v) is 7.50. The standard InChI is InChI=1S/C16H31NO2/c1-15(2,3)14(18)13-7-9-17(10-8-13)11-12-19-16(4,5)6/h13H,7-12H2,1-6H3. The van der Waals surface area contributed by atoms with Gasteiger partial charge in [0.1, 0.15) is 5.78 Å². The Morgan fingerprint density at radius 3 is 2.05 bits per heavy atom. The third-order valence-corrected chi connectivity index (χ3v) is 3.64. The highest BCUT2D eigenvalue weighted by Crippen LogP contribution is 2.27. The predicted molar refractivity (Wildman–Crippen MR) is 79.3 cm³/mol. The third-order valence-electron chi connectivity index (χ3n) is 3.64. The van der Waals surface area contributed by atoms with E-state index in [4.69, 9.17) is 4.74 Å². The zero-order chi connectivity index (χ0) is 14.7. The molecule has 1 heterocycles. The Kier molecular flexibility index (Phi) is 5.57. The number of hydrogen-bond donors (Lipinski definition) is 0. The summed E-state index contributed by atoms with van der Waals surface area (Å²) < 4.78 is 5.75. The molecule has 1 saturated heterocycles. The van der Waals surface area contributed by atoms with E-state index in [0.717, 1.165) is 39.1 Å². The molecule has 0 aromatic heterocycles. The van der Waals surface area contributed by atoms with Crippen LogP contribution in [-0.4, -0.2) is 42.5 Å². The summed E-state index contributed by atoms with van der Waals surface area (Å²) in [6.07, 6.45) is 2.01. The SMILES string of the molecule is CC(C)(C)OCCN1CCC(C(=O)C(C)(C)C)CC1. The minimum atomic E-state index is -0.192. The van der Waals surface area contributed by atoms with Crippen LogP contribution in [0.1, 0.15) is 54.4 Å². The van der Waals surface area contributed by atoms with Crippen molar-refractivity contribution in [3.8, 4) is 0 Å². The molecular formula is C16H31NO2. The van der Waals surface area contributed by atoms with E-state index in [2.05, 4.69) is 25.7 Å². The van der Waals surface area contributed by atoms with E-state index in [1.807, 2.05) is 20.8 Å². The van der Waals surface area contributed by atoms with Crippen LogP contribution in [0.2, 0.25) is 0 Å². The molecule has 19 heavy (non-hydrogen) atoms. The van der Waals surface area contributed by atoms with Crippen molar-refractivity contribution >= 4 is 5.78 Å². The molecule has 1 fully saturated rings. The number of likely N-dealkylation sites (tertiary alicyclic amines) is 1. The zero-order valence-corrected chi connectivity index (χ0v) is 13.6. The highest BCUT2D eigenvalue weighted by molar-refractivity contribution is 5.86. The van der Waals surface area contributed by atoms with Gasteiger partial charge in [-0.15, -0.1) is 0 Å². The van der Waals surface area contributed by atoms with E-state index in [9.17, 15) is 4.79 Å². The van der Waals surface area contributed by atoms with Gasteiger partial charge in [0.25, 0.3) is 0 Å². The average molecular weight is 269 g/mol. The van der Waals surface area contributed by atoms with Crippen LogP contribution in [0, 0.1) is 11.3 Å². The molecule has 0 N–H and O–H groups in total. The Balaban J connectivity index is 2.28. The molecular weight excluding hydrogens is 238 g/mol. The number of ether oxygens (including phenoxy) is 1. The summed E-state index contributed by atoms with van der Waals surface area (Å²) in [7, 11) is 0. The first kappa shape index (κ1) is 16.6. The Morgan fingerprint density at radius 1 is 1.11 bits per heavy atom. The fraction of sp³-hybridized carbons (Fsp3) is 0.938. The number of rotatable bonds is 4. The van der Waals surface area contributed by atoms with Crippen molar-refractivity contribution in [1.82, 2.24) is 4.90 Å². The van der Waals surface area contributed by atoms with Crippen molar-refractivity contribution in [2.75, 3.05) is 26.2 Å². The Labute approximate surface area is 118 Å². The molecule has 1 aliphatic rings. The van der Waals surface area contributed by atoms with Gasteiger partial charge in [-0.25, -0.2) is 0 Å². The summed E-state index contributed by atoms with van der Waals surface area (Å²) in [5, 5.41) is 0. The van der Waals surface area contributed by atoms with Gasteiger partial charge in [-0.05, 0) is 46.7 Å². The third kappa shape index (κ3) is 6.05. The lowest BCUT2D eigenvalue weighted by Gasteiger charge is -2.34. The van der Waals surface area contributed by atoms with E-state index >= 15 is 0 Å². The van der Waals surface area contributed by atoms with Crippen LogP contribution < -0.4 is 0 Å². The average Bonchev–Trinajstić information content (AvgIpc) is 2.26. The summed E-state index contributed by atoms with van der Waals surface area (Å²) >= 11 is 0. The Morgan fingerprint density at radius 2 is 1.63 bits per heavy atom. The first-order valence-electron chi connectivity index (χ1n) is 7.50. The number of piperidine rings is 1. The van der Waals surface area contributed by atoms with Crippen molar-refractivity contribution in [1.29, 1.82) is 0 Å². The maximum absolute atomic E-state index is 12.2. The number of hydrogen-bond acceptors (Lipinski definition) is 3. The molecule has 1 aliphatic heterocycles. The van der Waals surface area contributed by atoms with Gasteiger partial charge in [-0.3, -0.25) is 4.79 Å². The number of nitrogens with zero attached hydrogens (tertiary/aromatic N) is 1. The zero-order valence-electron chi connectivity index (χ0n) is 13.6.